The SMILES string of the molecule is COc1ccc(/C=C/C(=O)NC2CCN(C(=O)C(F)(F)F)CC2)cc1. The van der Waals surface area contributed by atoms with Crippen LogP contribution in [0.15, 0.2) is 30.3 Å². The van der Waals surface area contributed by atoms with E-state index in [2.05, 4.69) is 5.32 Å². The Morgan fingerprint density at radius 2 is 1.80 bits per heavy atom. The zero-order chi connectivity index (χ0) is 18.4. The Hall–Kier alpha value is -2.51. The third kappa shape index (κ3) is 5.51. The predicted molar refractivity (Wildman–Crippen MR) is 85.8 cm³/mol. The van der Waals surface area contributed by atoms with Crippen LogP contribution in [0, 0.1) is 0 Å². The number of benzene rings is 1. The zero-order valence-corrected chi connectivity index (χ0v) is 13.7. The summed E-state index contributed by atoms with van der Waals surface area (Å²) in [6.45, 7) is -0.0447. The molecule has 1 heterocycles. The summed E-state index contributed by atoms with van der Waals surface area (Å²) in [5.74, 6) is -1.44. The summed E-state index contributed by atoms with van der Waals surface area (Å²) >= 11 is 0. The molecule has 2 rings (SSSR count). The number of amides is 2. The third-order valence-electron chi connectivity index (χ3n) is 3.91. The summed E-state index contributed by atoms with van der Waals surface area (Å²) < 4.78 is 42.2. The molecule has 0 aliphatic carbocycles. The molecule has 0 spiro atoms. The van der Waals surface area contributed by atoms with E-state index in [1.165, 1.54) is 6.08 Å². The lowest BCUT2D eigenvalue weighted by Gasteiger charge is -2.32. The summed E-state index contributed by atoms with van der Waals surface area (Å²) in [6.07, 6.45) is -1.25. The Morgan fingerprint density at radius 3 is 2.32 bits per heavy atom. The molecule has 1 aliphatic heterocycles. The van der Waals surface area contributed by atoms with Crippen LogP contribution in [0.1, 0.15) is 18.4 Å². The van der Waals surface area contributed by atoms with E-state index in [0.717, 1.165) is 10.5 Å². The smallest absolute Gasteiger partial charge is 0.471 e. The van der Waals surface area contributed by atoms with Crippen LogP contribution in [-0.4, -0.2) is 49.1 Å². The summed E-state index contributed by atoms with van der Waals surface area (Å²) in [6, 6.07) is 6.88. The van der Waals surface area contributed by atoms with Gasteiger partial charge in [0, 0.05) is 25.2 Å². The van der Waals surface area contributed by atoms with Crippen molar-refractivity contribution in [1.29, 1.82) is 0 Å². The Morgan fingerprint density at radius 1 is 1.20 bits per heavy atom. The number of rotatable bonds is 4. The van der Waals surface area contributed by atoms with Crippen LogP contribution in [0.3, 0.4) is 0 Å². The lowest BCUT2D eigenvalue weighted by atomic mass is 10.0. The first-order chi connectivity index (χ1) is 11.8. The van der Waals surface area contributed by atoms with Gasteiger partial charge in [-0.05, 0) is 36.6 Å². The Bertz CT molecular complexity index is 634. The van der Waals surface area contributed by atoms with E-state index >= 15 is 0 Å². The van der Waals surface area contributed by atoms with Crippen LogP contribution in [0.25, 0.3) is 6.08 Å². The van der Waals surface area contributed by atoms with Crippen LogP contribution in [0.2, 0.25) is 0 Å². The van der Waals surface area contributed by atoms with Gasteiger partial charge in [0.15, 0.2) is 0 Å². The van der Waals surface area contributed by atoms with Gasteiger partial charge < -0.3 is 15.0 Å². The minimum atomic E-state index is -4.85. The third-order valence-corrected chi connectivity index (χ3v) is 3.91. The molecular formula is C17H19F3N2O3. The largest absolute Gasteiger partial charge is 0.497 e. The van der Waals surface area contributed by atoms with Crippen LogP contribution in [0.4, 0.5) is 13.2 Å². The highest BCUT2D eigenvalue weighted by Crippen LogP contribution is 2.21. The van der Waals surface area contributed by atoms with Crippen molar-refractivity contribution in [3.05, 3.63) is 35.9 Å². The molecule has 5 nitrogen and oxygen atoms in total. The number of carbonyl (C=O) groups is 2. The molecule has 1 N–H and O–H groups in total. The minimum Gasteiger partial charge on any atom is -0.497 e. The van der Waals surface area contributed by atoms with Gasteiger partial charge in [0.05, 0.1) is 7.11 Å². The highest BCUT2D eigenvalue weighted by atomic mass is 19.4. The van der Waals surface area contributed by atoms with Gasteiger partial charge in [0.1, 0.15) is 5.75 Å². The first kappa shape index (κ1) is 18.8. The number of hydrogen-bond donors (Lipinski definition) is 1. The van der Waals surface area contributed by atoms with Gasteiger partial charge in [-0.2, -0.15) is 13.2 Å². The van der Waals surface area contributed by atoms with E-state index in [0.29, 0.717) is 18.6 Å². The molecule has 0 bridgehead atoms. The number of nitrogens with one attached hydrogen (secondary N) is 1. The van der Waals surface area contributed by atoms with E-state index in [4.69, 9.17) is 4.74 Å². The van der Waals surface area contributed by atoms with Crippen LogP contribution in [0.5, 0.6) is 5.75 Å². The topological polar surface area (TPSA) is 58.6 Å². The van der Waals surface area contributed by atoms with Gasteiger partial charge in [0.25, 0.3) is 0 Å². The maximum Gasteiger partial charge on any atom is 0.471 e. The van der Waals surface area contributed by atoms with Crippen molar-refractivity contribution in [1.82, 2.24) is 10.2 Å². The number of ether oxygens (including phenoxy) is 1. The number of halogens is 3. The second-order valence-electron chi connectivity index (χ2n) is 5.68. The fourth-order valence-electron chi connectivity index (χ4n) is 2.54. The summed E-state index contributed by atoms with van der Waals surface area (Å²) in [7, 11) is 1.56. The molecule has 1 aromatic rings. The minimum absolute atomic E-state index is 0.0223. The molecule has 1 aromatic carbocycles. The lowest BCUT2D eigenvalue weighted by Crippen LogP contribution is -2.49. The van der Waals surface area contributed by atoms with Crippen molar-refractivity contribution < 1.29 is 27.5 Å². The molecule has 1 fully saturated rings. The highest BCUT2D eigenvalue weighted by molar-refractivity contribution is 5.92. The molecule has 0 unspecified atom stereocenters. The molecule has 0 aromatic heterocycles. The van der Waals surface area contributed by atoms with Crippen molar-refractivity contribution in [2.75, 3.05) is 20.2 Å². The van der Waals surface area contributed by atoms with E-state index in [1.807, 2.05) is 0 Å². The van der Waals surface area contributed by atoms with Gasteiger partial charge in [-0.1, -0.05) is 12.1 Å². The van der Waals surface area contributed by atoms with Gasteiger partial charge in [0.2, 0.25) is 5.91 Å². The monoisotopic (exact) mass is 356 g/mol. The zero-order valence-electron chi connectivity index (χ0n) is 13.7. The predicted octanol–water partition coefficient (Wildman–Crippen LogP) is 2.38. The van der Waals surface area contributed by atoms with Gasteiger partial charge >= 0.3 is 12.1 Å². The van der Waals surface area contributed by atoms with Crippen LogP contribution in [-0.2, 0) is 9.59 Å². The molecular weight excluding hydrogens is 337 g/mol. The number of methoxy groups -OCH3 is 1. The quantitative estimate of drug-likeness (QED) is 0.843. The number of carbonyl (C=O) groups excluding carboxylic acids is 2. The van der Waals surface area contributed by atoms with E-state index in [9.17, 15) is 22.8 Å². The van der Waals surface area contributed by atoms with Crippen molar-refractivity contribution in [3.63, 3.8) is 0 Å². The second kappa shape index (κ2) is 8.04. The Balaban J connectivity index is 1.80. The van der Waals surface area contributed by atoms with Crippen molar-refractivity contribution >= 4 is 17.9 Å². The van der Waals surface area contributed by atoms with Crippen LogP contribution >= 0.6 is 0 Å². The first-order valence-electron chi connectivity index (χ1n) is 7.78. The number of likely N-dealkylation sites (tertiary alicyclic amines) is 1. The first-order valence-corrected chi connectivity index (χ1v) is 7.78. The molecule has 25 heavy (non-hydrogen) atoms. The second-order valence-corrected chi connectivity index (χ2v) is 5.68. The molecule has 0 saturated carbocycles. The normalized spacial score (nSPS) is 16.1. The Kier molecular flexibility index (Phi) is 6.06. The van der Waals surface area contributed by atoms with E-state index < -0.39 is 12.1 Å². The number of nitrogens with zero attached hydrogens (tertiary/aromatic N) is 1. The van der Waals surface area contributed by atoms with Gasteiger partial charge in [-0.3, -0.25) is 9.59 Å². The lowest BCUT2D eigenvalue weighted by molar-refractivity contribution is -0.186. The Labute approximate surface area is 143 Å². The summed E-state index contributed by atoms with van der Waals surface area (Å²) in [4.78, 5) is 23.8. The molecule has 0 radical (unpaired) electrons. The summed E-state index contributed by atoms with van der Waals surface area (Å²) in [5, 5.41) is 2.74. The summed E-state index contributed by atoms with van der Waals surface area (Å²) in [5.41, 5.74) is 0.821. The standard InChI is InChI=1S/C17H19F3N2O3/c1-25-14-5-2-12(3-6-14)4-7-15(23)21-13-8-10-22(11-9-13)16(24)17(18,19)20/h2-7,13H,8-11H2,1H3,(H,21,23)/b7-4+. The van der Waals surface area contributed by atoms with Gasteiger partial charge in [-0.15, -0.1) is 0 Å². The number of piperidine rings is 1. The average molecular weight is 356 g/mol. The molecule has 136 valence electrons. The van der Waals surface area contributed by atoms with Crippen LogP contribution < -0.4 is 10.1 Å². The average Bonchev–Trinajstić information content (AvgIpc) is 2.59. The fraction of sp³-hybridized carbons (Fsp3) is 0.412. The molecule has 1 aliphatic rings. The maximum atomic E-state index is 12.4. The van der Waals surface area contributed by atoms with E-state index in [-0.39, 0.29) is 25.0 Å². The molecule has 2 amide bonds. The van der Waals surface area contributed by atoms with Crippen molar-refractivity contribution in [3.8, 4) is 5.75 Å². The number of alkyl halides is 3. The molecule has 8 heteroatoms. The van der Waals surface area contributed by atoms with Crippen molar-refractivity contribution in [2.45, 2.75) is 25.1 Å². The van der Waals surface area contributed by atoms with Crippen molar-refractivity contribution in [2.24, 2.45) is 0 Å². The molecule has 0 atom stereocenters. The maximum absolute atomic E-state index is 12.4. The highest BCUT2D eigenvalue weighted by Gasteiger charge is 2.43. The number of hydrogen-bond acceptors (Lipinski definition) is 3. The molecule has 1 saturated heterocycles. The fourth-order valence-corrected chi connectivity index (χ4v) is 2.54. The van der Waals surface area contributed by atoms with Gasteiger partial charge in [-0.25, -0.2) is 0 Å². The van der Waals surface area contributed by atoms with E-state index in [1.54, 1.807) is 37.5 Å².